The maximum Gasteiger partial charge on any atom is 0.261 e. The zero-order chi connectivity index (χ0) is 18.9. The minimum atomic E-state index is -3.62. The monoisotopic (exact) mass is 379 g/mol. The van der Waals surface area contributed by atoms with Crippen molar-refractivity contribution >= 4 is 15.7 Å². The summed E-state index contributed by atoms with van der Waals surface area (Å²) in [5.41, 5.74) is 0.259. The van der Waals surface area contributed by atoms with E-state index in [-0.39, 0.29) is 29.5 Å². The van der Waals surface area contributed by atoms with Crippen molar-refractivity contribution in [3.05, 3.63) is 53.8 Å². The highest BCUT2D eigenvalue weighted by atomic mass is 32.2. The second kappa shape index (κ2) is 6.95. The molecule has 2 aromatic rings. The van der Waals surface area contributed by atoms with Crippen LogP contribution in [0.3, 0.4) is 0 Å². The molecule has 1 aliphatic rings. The highest BCUT2D eigenvalue weighted by Crippen LogP contribution is 2.32. The summed E-state index contributed by atoms with van der Waals surface area (Å²) in [4.78, 5) is 14.2. The quantitative estimate of drug-likeness (QED) is 0.745. The van der Waals surface area contributed by atoms with Crippen LogP contribution >= 0.6 is 0 Å². The van der Waals surface area contributed by atoms with E-state index in [0.717, 1.165) is 12.1 Å². The summed E-state index contributed by atoms with van der Waals surface area (Å²) in [5, 5.41) is -0.724. The molecule has 0 saturated carbocycles. The minimum absolute atomic E-state index is 0.0471. The molecule has 0 radical (unpaired) electrons. The van der Waals surface area contributed by atoms with Crippen molar-refractivity contribution in [1.29, 1.82) is 0 Å². The molecule has 2 aromatic carbocycles. The Hall–Kier alpha value is -2.61. The van der Waals surface area contributed by atoms with Crippen molar-refractivity contribution in [2.24, 2.45) is 0 Å². The number of benzene rings is 2. The van der Waals surface area contributed by atoms with Crippen LogP contribution in [0.4, 0.5) is 4.39 Å². The van der Waals surface area contributed by atoms with E-state index in [0.29, 0.717) is 11.5 Å². The molecule has 0 aliphatic carbocycles. The Morgan fingerprint density at radius 3 is 2.08 bits per heavy atom. The lowest BCUT2D eigenvalue weighted by Gasteiger charge is -2.39. The van der Waals surface area contributed by atoms with Gasteiger partial charge in [-0.1, -0.05) is 6.07 Å². The molecule has 26 heavy (non-hydrogen) atoms. The number of methoxy groups -OCH3 is 2. The van der Waals surface area contributed by atoms with E-state index in [4.69, 9.17) is 9.47 Å². The second-order valence-electron chi connectivity index (χ2n) is 5.87. The lowest BCUT2D eigenvalue weighted by molar-refractivity contribution is 0.0652. The maximum atomic E-state index is 13.0. The normalized spacial score (nSPS) is 14.7. The molecule has 0 N–H and O–H groups in total. The molecule has 0 unspecified atom stereocenters. The predicted octanol–water partition coefficient (Wildman–Crippen LogP) is 2.14. The zero-order valence-electron chi connectivity index (χ0n) is 14.3. The minimum Gasteiger partial charge on any atom is -0.496 e. The molecule has 0 aromatic heterocycles. The van der Waals surface area contributed by atoms with E-state index in [1.54, 1.807) is 18.2 Å². The molecule has 1 amide bonds. The Morgan fingerprint density at radius 1 is 1.04 bits per heavy atom. The average Bonchev–Trinajstić information content (AvgIpc) is 2.59. The number of likely N-dealkylation sites (tertiary alicyclic amines) is 1. The van der Waals surface area contributed by atoms with Crippen LogP contribution in [0.15, 0.2) is 47.4 Å². The van der Waals surface area contributed by atoms with Crippen LogP contribution in [0.25, 0.3) is 0 Å². The molecule has 0 atom stereocenters. The van der Waals surface area contributed by atoms with Crippen molar-refractivity contribution in [2.45, 2.75) is 10.1 Å². The second-order valence-corrected chi connectivity index (χ2v) is 8.10. The van der Waals surface area contributed by atoms with Crippen molar-refractivity contribution in [3.8, 4) is 11.5 Å². The molecule has 6 nitrogen and oxygen atoms in total. The summed E-state index contributed by atoms with van der Waals surface area (Å²) in [6.07, 6.45) is 0. The molecular formula is C18H18FNO5S. The number of hydrogen-bond acceptors (Lipinski definition) is 5. The Balaban J connectivity index is 1.78. The van der Waals surface area contributed by atoms with Gasteiger partial charge in [-0.3, -0.25) is 4.79 Å². The fourth-order valence-corrected chi connectivity index (χ4v) is 4.49. The SMILES string of the molecule is COc1cccc(OC)c1C(=O)N1CC(S(=O)(=O)c2ccc(F)cc2)C1. The van der Waals surface area contributed by atoms with Crippen LogP contribution in [0, 0.1) is 5.82 Å². The van der Waals surface area contributed by atoms with Crippen LogP contribution in [0.1, 0.15) is 10.4 Å². The van der Waals surface area contributed by atoms with Gasteiger partial charge in [0, 0.05) is 13.1 Å². The van der Waals surface area contributed by atoms with Gasteiger partial charge in [-0.2, -0.15) is 0 Å². The van der Waals surface area contributed by atoms with Crippen molar-refractivity contribution in [1.82, 2.24) is 4.90 Å². The Labute approximate surface area is 151 Å². The summed E-state index contributed by atoms with van der Waals surface area (Å²) >= 11 is 0. The van der Waals surface area contributed by atoms with Crippen molar-refractivity contribution in [2.75, 3.05) is 27.3 Å². The van der Waals surface area contributed by atoms with Gasteiger partial charge in [-0.15, -0.1) is 0 Å². The summed E-state index contributed by atoms with van der Waals surface area (Å²) in [5.74, 6) is -0.138. The van der Waals surface area contributed by atoms with E-state index >= 15 is 0 Å². The number of nitrogens with zero attached hydrogens (tertiary/aromatic N) is 1. The van der Waals surface area contributed by atoms with Crippen LogP contribution < -0.4 is 9.47 Å². The van der Waals surface area contributed by atoms with Gasteiger partial charge < -0.3 is 14.4 Å². The highest BCUT2D eigenvalue weighted by molar-refractivity contribution is 7.92. The van der Waals surface area contributed by atoms with E-state index in [1.165, 1.54) is 31.3 Å². The number of rotatable bonds is 5. The zero-order valence-corrected chi connectivity index (χ0v) is 15.1. The third kappa shape index (κ3) is 3.12. The van der Waals surface area contributed by atoms with Crippen LogP contribution in [0.5, 0.6) is 11.5 Å². The third-order valence-electron chi connectivity index (χ3n) is 4.36. The van der Waals surface area contributed by atoms with Gasteiger partial charge >= 0.3 is 0 Å². The number of carbonyl (C=O) groups is 1. The first-order valence-electron chi connectivity index (χ1n) is 7.88. The van der Waals surface area contributed by atoms with Gasteiger partial charge in [0.15, 0.2) is 9.84 Å². The molecule has 8 heteroatoms. The number of halogens is 1. The molecule has 3 rings (SSSR count). The van der Waals surface area contributed by atoms with E-state index in [9.17, 15) is 17.6 Å². The molecule has 1 heterocycles. The smallest absolute Gasteiger partial charge is 0.261 e. The van der Waals surface area contributed by atoms with Crippen molar-refractivity contribution < 1.29 is 27.1 Å². The van der Waals surface area contributed by atoms with Crippen molar-refractivity contribution in [3.63, 3.8) is 0 Å². The average molecular weight is 379 g/mol. The number of ether oxygens (including phenoxy) is 2. The lowest BCUT2D eigenvalue weighted by atomic mass is 10.1. The predicted molar refractivity (Wildman–Crippen MR) is 92.8 cm³/mol. The van der Waals surface area contributed by atoms with Gasteiger partial charge in [-0.25, -0.2) is 12.8 Å². The van der Waals surface area contributed by atoms with Crippen LogP contribution in [-0.4, -0.2) is 51.8 Å². The van der Waals surface area contributed by atoms with Gasteiger partial charge in [0.05, 0.1) is 19.1 Å². The molecule has 138 valence electrons. The largest absolute Gasteiger partial charge is 0.496 e. The molecule has 0 bridgehead atoms. The van der Waals surface area contributed by atoms with Crippen LogP contribution in [-0.2, 0) is 9.84 Å². The first kappa shape index (κ1) is 18.2. The summed E-state index contributed by atoms with van der Waals surface area (Å²) < 4.78 is 48.6. The van der Waals surface area contributed by atoms with Gasteiger partial charge in [0.2, 0.25) is 0 Å². The summed E-state index contributed by atoms with van der Waals surface area (Å²) in [6.45, 7) is 0.111. The topological polar surface area (TPSA) is 72.9 Å². The third-order valence-corrected chi connectivity index (χ3v) is 6.46. The lowest BCUT2D eigenvalue weighted by Crippen LogP contribution is -2.56. The van der Waals surface area contributed by atoms with E-state index < -0.39 is 20.9 Å². The molecule has 1 saturated heterocycles. The number of carbonyl (C=O) groups excluding carboxylic acids is 1. The Kier molecular flexibility index (Phi) is 4.86. The number of hydrogen-bond donors (Lipinski definition) is 0. The Morgan fingerprint density at radius 2 is 1.58 bits per heavy atom. The van der Waals surface area contributed by atoms with Gasteiger partial charge in [0.25, 0.3) is 5.91 Å². The summed E-state index contributed by atoms with van der Waals surface area (Å²) in [6, 6.07) is 9.66. The maximum absolute atomic E-state index is 13.0. The fraction of sp³-hybridized carbons (Fsp3) is 0.278. The van der Waals surface area contributed by atoms with Crippen LogP contribution in [0.2, 0.25) is 0 Å². The first-order valence-corrected chi connectivity index (χ1v) is 9.43. The first-order chi connectivity index (χ1) is 12.4. The van der Waals surface area contributed by atoms with Gasteiger partial charge in [0.1, 0.15) is 28.1 Å². The highest BCUT2D eigenvalue weighted by Gasteiger charge is 2.42. The van der Waals surface area contributed by atoms with Gasteiger partial charge in [-0.05, 0) is 36.4 Å². The molecule has 1 fully saturated rings. The fourth-order valence-electron chi connectivity index (χ4n) is 2.84. The molecule has 1 aliphatic heterocycles. The molecule has 0 spiro atoms. The molecular weight excluding hydrogens is 361 g/mol. The van der Waals surface area contributed by atoms with E-state index in [2.05, 4.69) is 0 Å². The summed E-state index contributed by atoms with van der Waals surface area (Å²) in [7, 11) is -0.726. The Bertz CT molecular complexity index is 899. The number of sulfone groups is 1. The van der Waals surface area contributed by atoms with E-state index in [1.807, 2.05) is 0 Å². The number of amides is 1. The standard InChI is InChI=1S/C18H18FNO5S/c1-24-15-4-3-5-16(25-2)17(15)18(21)20-10-14(11-20)26(22,23)13-8-6-12(19)7-9-13/h3-9,14H,10-11H2,1-2H3.